The van der Waals surface area contributed by atoms with Crippen molar-refractivity contribution in [2.45, 2.75) is 4.90 Å². The first-order valence-corrected chi connectivity index (χ1v) is 9.12. The first-order valence-electron chi connectivity index (χ1n) is 7.25. The highest BCUT2D eigenvalue weighted by Gasteiger charge is 2.20. The number of hydrogen-bond donors (Lipinski definition) is 3. The van der Waals surface area contributed by atoms with Gasteiger partial charge in [0.1, 0.15) is 4.90 Å². The van der Waals surface area contributed by atoms with E-state index < -0.39 is 34.4 Å². The molecule has 3 N–H and O–H groups in total. The minimum atomic E-state index is -3.95. The quantitative estimate of drug-likeness (QED) is 0.387. The highest BCUT2D eigenvalue weighted by atomic mass is 35.5. The molecule has 1 aromatic carbocycles. The summed E-state index contributed by atoms with van der Waals surface area (Å²) >= 11 is 5.88. The van der Waals surface area contributed by atoms with E-state index in [4.69, 9.17) is 16.3 Å². The van der Waals surface area contributed by atoms with Crippen molar-refractivity contribution in [3.05, 3.63) is 41.4 Å². The molecule has 0 aliphatic heterocycles. The van der Waals surface area contributed by atoms with Crippen LogP contribution in [0, 0.1) is 0 Å². The van der Waals surface area contributed by atoms with Gasteiger partial charge in [0, 0.05) is 13.6 Å². The molecule has 0 saturated heterocycles. The van der Waals surface area contributed by atoms with Gasteiger partial charge in [0.15, 0.2) is 6.61 Å². The average Bonchev–Trinajstić information content (AvgIpc) is 2.62. The number of sulfonamides is 1. The summed E-state index contributed by atoms with van der Waals surface area (Å²) in [7, 11) is -2.54. The molecule has 11 heteroatoms. The molecule has 0 aliphatic carbocycles. The van der Waals surface area contributed by atoms with Crippen molar-refractivity contribution in [1.82, 2.24) is 15.4 Å². The maximum atomic E-state index is 12.1. The van der Waals surface area contributed by atoms with Gasteiger partial charge in [-0.1, -0.05) is 17.7 Å². The maximum Gasteiger partial charge on any atom is 0.338 e. The summed E-state index contributed by atoms with van der Waals surface area (Å²) in [4.78, 5) is 34.2. The van der Waals surface area contributed by atoms with Gasteiger partial charge in [-0.15, -0.1) is 6.58 Å². The van der Waals surface area contributed by atoms with Crippen molar-refractivity contribution in [2.24, 2.45) is 0 Å². The third-order valence-electron chi connectivity index (χ3n) is 2.93. The summed E-state index contributed by atoms with van der Waals surface area (Å²) < 4.78 is 31.3. The van der Waals surface area contributed by atoms with Crippen LogP contribution in [0.15, 0.2) is 35.7 Å². The molecule has 26 heavy (non-hydrogen) atoms. The van der Waals surface area contributed by atoms with Crippen LogP contribution >= 0.6 is 11.6 Å². The Morgan fingerprint density at radius 2 is 1.96 bits per heavy atom. The Morgan fingerprint density at radius 1 is 1.27 bits per heavy atom. The van der Waals surface area contributed by atoms with Gasteiger partial charge in [0.25, 0.3) is 5.91 Å². The van der Waals surface area contributed by atoms with Gasteiger partial charge < -0.3 is 15.4 Å². The molecule has 2 amide bonds. The van der Waals surface area contributed by atoms with E-state index in [2.05, 4.69) is 21.9 Å². The number of halogens is 1. The van der Waals surface area contributed by atoms with Gasteiger partial charge in [-0.2, -0.15) is 0 Å². The first kappa shape index (κ1) is 21.6. The van der Waals surface area contributed by atoms with E-state index in [9.17, 15) is 22.8 Å². The Balaban J connectivity index is 2.79. The lowest BCUT2D eigenvalue weighted by molar-refractivity contribution is -0.127. The van der Waals surface area contributed by atoms with Crippen LogP contribution in [0.5, 0.6) is 0 Å². The zero-order chi connectivity index (χ0) is 19.7. The Kier molecular flexibility index (Phi) is 8.23. The van der Waals surface area contributed by atoms with Crippen molar-refractivity contribution < 1.29 is 27.5 Å². The van der Waals surface area contributed by atoms with Gasteiger partial charge in [0.05, 0.1) is 17.1 Å². The van der Waals surface area contributed by atoms with E-state index in [1.54, 1.807) is 0 Å². The zero-order valence-electron chi connectivity index (χ0n) is 13.9. The number of carbonyl (C=O) groups excluding carboxylic acids is 3. The fourth-order valence-electron chi connectivity index (χ4n) is 1.62. The topological polar surface area (TPSA) is 131 Å². The monoisotopic (exact) mass is 403 g/mol. The summed E-state index contributed by atoms with van der Waals surface area (Å²) in [6, 6.07) is 3.53. The van der Waals surface area contributed by atoms with Crippen molar-refractivity contribution in [3.63, 3.8) is 0 Å². The van der Waals surface area contributed by atoms with E-state index >= 15 is 0 Å². The summed E-state index contributed by atoms with van der Waals surface area (Å²) in [6.07, 6.45) is 1.35. The predicted octanol–water partition coefficient (Wildman–Crippen LogP) is -0.177. The van der Waals surface area contributed by atoms with Crippen molar-refractivity contribution in [1.29, 1.82) is 0 Å². The lowest BCUT2D eigenvalue weighted by Gasteiger charge is -2.09. The van der Waals surface area contributed by atoms with Crippen LogP contribution in [-0.4, -0.2) is 52.9 Å². The lowest BCUT2D eigenvalue weighted by Crippen LogP contribution is -2.37. The van der Waals surface area contributed by atoms with Crippen molar-refractivity contribution in [3.8, 4) is 0 Å². The molecule has 0 unspecified atom stereocenters. The fraction of sp³-hybridized carbons (Fsp3) is 0.267. The third-order valence-corrected chi connectivity index (χ3v) is 4.84. The van der Waals surface area contributed by atoms with E-state index in [0.717, 1.165) is 6.07 Å². The number of likely N-dealkylation sites (N-methyl/N-ethyl adjacent to an activating group) is 1. The number of esters is 1. The average molecular weight is 404 g/mol. The molecule has 0 aliphatic rings. The van der Waals surface area contributed by atoms with Crippen LogP contribution in [0.25, 0.3) is 0 Å². The van der Waals surface area contributed by atoms with Gasteiger partial charge in [-0.25, -0.2) is 17.9 Å². The third kappa shape index (κ3) is 6.47. The Hall–Kier alpha value is -2.43. The van der Waals surface area contributed by atoms with Crippen molar-refractivity contribution >= 4 is 39.4 Å². The highest BCUT2D eigenvalue weighted by molar-refractivity contribution is 7.89. The molecule has 9 nitrogen and oxygen atoms in total. The second kappa shape index (κ2) is 9.90. The SMILES string of the molecule is C=CCNS(=O)(=O)c1cc(C(=O)OCC(=O)NCC(=O)NC)ccc1Cl. The summed E-state index contributed by atoms with van der Waals surface area (Å²) in [5.41, 5.74) is -0.104. The number of amides is 2. The number of carbonyl (C=O) groups is 3. The Bertz CT molecular complexity index is 810. The zero-order valence-corrected chi connectivity index (χ0v) is 15.4. The van der Waals surface area contributed by atoms with E-state index in [0.29, 0.717) is 0 Å². The van der Waals surface area contributed by atoms with Crippen LogP contribution < -0.4 is 15.4 Å². The molecular weight excluding hydrogens is 386 g/mol. The van der Waals surface area contributed by atoms with Crippen LogP contribution in [0.2, 0.25) is 5.02 Å². The largest absolute Gasteiger partial charge is 0.452 e. The maximum absolute atomic E-state index is 12.1. The lowest BCUT2D eigenvalue weighted by atomic mass is 10.2. The molecule has 0 atom stereocenters. The fourth-order valence-corrected chi connectivity index (χ4v) is 3.14. The number of hydrogen-bond acceptors (Lipinski definition) is 6. The minimum absolute atomic E-state index is 0.0150. The van der Waals surface area contributed by atoms with E-state index in [-0.39, 0.29) is 28.6 Å². The normalized spacial score (nSPS) is 10.7. The number of ether oxygens (including phenoxy) is 1. The van der Waals surface area contributed by atoms with Crippen molar-refractivity contribution in [2.75, 3.05) is 26.7 Å². The minimum Gasteiger partial charge on any atom is -0.452 e. The summed E-state index contributed by atoms with van der Waals surface area (Å²) in [5, 5.41) is 4.47. The first-order chi connectivity index (χ1) is 12.2. The molecule has 0 heterocycles. The Labute approximate surface area is 155 Å². The molecule has 0 spiro atoms. The number of benzene rings is 1. The highest BCUT2D eigenvalue weighted by Crippen LogP contribution is 2.23. The van der Waals surface area contributed by atoms with E-state index in [1.165, 1.54) is 25.3 Å². The molecule has 142 valence electrons. The van der Waals surface area contributed by atoms with Crippen LogP contribution in [0.3, 0.4) is 0 Å². The molecule has 0 bridgehead atoms. The molecule has 0 aromatic heterocycles. The summed E-state index contributed by atoms with van der Waals surface area (Å²) in [6.45, 7) is 2.50. The molecule has 1 rings (SSSR count). The summed E-state index contributed by atoms with van der Waals surface area (Å²) in [5.74, 6) is -2.02. The number of nitrogens with one attached hydrogen (secondary N) is 3. The number of rotatable bonds is 9. The van der Waals surface area contributed by atoms with Gasteiger partial charge in [0.2, 0.25) is 15.9 Å². The van der Waals surface area contributed by atoms with Gasteiger partial charge in [-0.3, -0.25) is 9.59 Å². The van der Waals surface area contributed by atoms with Crippen LogP contribution in [0.1, 0.15) is 10.4 Å². The molecule has 0 fully saturated rings. The second-order valence-corrected chi connectivity index (χ2v) is 6.95. The predicted molar refractivity (Wildman–Crippen MR) is 94.2 cm³/mol. The van der Waals surface area contributed by atoms with Crippen LogP contribution in [0.4, 0.5) is 0 Å². The standard InChI is InChI=1S/C15H18ClN3O6S/c1-3-6-19-26(23,24)12-7-10(4-5-11(12)16)15(22)25-9-14(21)18-8-13(20)17-2/h3-5,7,19H,1,6,8-9H2,2H3,(H,17,20)(H,18,21). The molecular formula is C15H18ClN3O6S. The molecule has 1 aromatic rings. The van der Waals surface area contributed by atoms with Crippen LogP contribution in [-0.2, 0) is 24.3 Å². The molecule has 0 radical (unpaired) electrons. The van der Waals surface area contributed by atoms with Gasteiger partial charge >= 0.3 is 5.97 Å². The van der Waals surface area contributed by atoms with Gasteiger partial charge in [-0.05, 0) is 18.2 Å². The van der Waals surface area contributed by atoms with E-state index in [1.807, 2.05) is 0 Å². The molecule has 0 saturated carbocycles. The smallest absolute Gasteiger partial charge is 0.338 e. The second-order valence-electron chi connectivity index (χ2n) is 4.81. The Morgan fingerprint density at radius 3 is 2.58 bits per heavy atom.